The topological polar surface area (TPSA) is 42.2 Å². The van der Waals surface area contributed by atoms with Crippen LogP contribution >= 0.6 is 11.8 Å². The average molecular weight is 226 g/mol. The molecular formula is C9H11FN4S. The molecule has 0 aliphatic heterocycles. The lowest BCUT2D eigenvalue weighted by Crippen LogP contribution is -2.05. The predicted molar refractivity (Wildman–Crippen MR) is 59.8 cm³/mol. The molecule has 0 bridgehead atoms. The van der Waals surface area contributed by atoms with Gasteiger partial charge in [0.05, 0.1) is 6.20 Å². The first-order valence-electron chi connectivity index (χ1n) is 4.54. The van der Waals surface area contributed by atoms with Gasteiger partial charge in [0.1, 0.15) is 5.82 Å². The van der Waals surface area contributed by atoms with E-state index in [-0.39, 0.29) is 5.82 Å². The number of anilines is 1. The maximum Gasteiger partial charge on any atom is 0.243 e. The summed E-state index contributed by atoms with van der Waals surface area (Å²) in [5.74, 6) is 1.21. The molecule has 80 valence electrons. The molecule has 6 heteroatoms. The summed E-state index contributed by atoms with van der Waals surface area (Å²) in [6, 6.07) is 2.97. The lowest BCUT2D eigenvalue weighted by atomic mass is 10.5. The van der Waals surface area contributed by atoms with Crippen molar-refractivity contribution in [2.75, 3.05) is 23.9 Å². The van der Waals surface area contributed by atoms with Crippen molar-refractivity contribution in [1.82, 2.24) is 14.6 Å². The average Bonchev–Trinajstić information content (AvgIpc) is 2.60. The van der Waals surface area contributed by atoms with Crippen molar-refractivity contribution in [3.05, 3.63) is 24.1 Å². The van der Waals surface area contributed by atoms with Gasteiger partial charge in [-0.25, -0.2) is 8.91 Å². The molecule has 2 rings (SSSR count). The summed E-state index contributed by atoms with van der Waals surface area (Å²) in [7, 11) is 0. The van der Waals surface area contributed by atoms with Gasteiger partial charge in [-0.15, -0.1) is 5.10 Å². The van der Waals surface area contributed by atoms with Crippen LogP contribution in [-0.2, 0) is 0 Å². The molecule has 0 radical (unpaired) electrons. The highest BCUT2D eigenvalue weighted by Gasteiger charge is 2.02. The molecule has 0 saturated carbocycles. The van der Waals surface area contributed by atoms with Crippen molar-refractivity contribution in [1.29, 1.82) is 0 Å². The summed E-state index contributed by atoms with van der Waals surface area (Å²) >= 11 is 1.75. The number of nitrogens with zero attached hydrogens (tertiary/aromatic N) is 3. The van der Waals surface area contributed by atoms with Crippen LogP contribution in [0.1, 0.15) is 0 Å². The van der Waals surface area contributed by atoms with Gasteiger partial charge in [0.2, 0.25) is 5.95 Å². The van der Waals surface area contributed by atoms with Crippen LogP contribution in [0, 0.1) is 5.82 Å². The zero-order chi connectivity index (χ0) is 10.7. The molecule has 0 aliphatic carbocycles. The number of halogens is 1. The van der Waals surface area contributed by atoms with Crippen LogP contribution in [-0.4, -0.2) is 33.2 Å². The molecule has 0 unspecified atom stereocenters. The first-order valence-corrected chi connectivity index (χ1v) is 5.94. The van der Waals surface area contributed by atoms with E-state index in [0.717, 1.165) is 12.3 Å². The van der Waals surface area contributed by atoms with Crippen molar-refractivity contribution < 1.29 is 4.39 Å². The molecule has 0 amide bonds. The highest BCUT2D eigenvalue weighted by molar-refractivity contribution is 7.98. The lowest BCUT2D eigenvalue weighted by molar-refractivity contribution is 0.615. The second-order valence-electron chi connectivity index (χ2n) is 3.01. The molecule has 0 saturated heterocycles. The van der Waals surface area contributed by atoms with Crippen LogP contribution in [0.15, 0.2) is 18.3 Å². The van der Waals surface area contributed by atoms with Gasteiger partial charge in [0.25, 0.3) is 0 Å². The van der Waals surface area contributed by atoms with Crippen molar-refractivity contribution in [3.8, 4) is 0 Å². The standard InChI is InChI=1S/C9H11FN4S/c1-15-5-4-11-9-12-8-3-2-7(10)6-14(8)13-9/h2-3,6H,4-5H2,1H3,(H,11,13). The summed E-state index contributed by atoms with van der Waals surface area (Å²) in [4.78, 5) is 4.19. The number of hydrogen-bond acceptors (Lipinski definition) is 4. The first-order chi connectivity index (χ1) is 7.29. The molecule has 2 heterocycles. The Labute approximate surface area is 90.9 Å². The fraction of sp³-hybridized carbons (Fsp3) is 0.333. The van der Waals surface area contributed by atoms with E-state index in [0.29, 0.717) is 11.6 Å². The zero-order valence-corrected chi connectivity index (χ0v) is 9.09. The predicted octanol–water partition coefficient (Wildman–Crippen LogP) is 1.64. The summed E-state index contributed by atoms with van der Waals surface area (Å²) < 4.78 is 14.3. The number of aromatic nitrogens is 3. The normalized spacial score (nSPS) is 10.8. The Morgan fingerprint density at radius 2 is 2.40 bits per heavy atom. The molecule has 2 aromatic rings. The largest absolute Gasteiger partial charge is 0.352 e. The van der Waals surface area contributed by atoms with Crippen molar-refractivity contribution in [2.45, 2.75) is 0 Å². The van der Waals surface area contributed by atoms with Crippen LogP contribution in [0.25, 0.3) is 5.65 Å². The minimum absolute atomic E-state index is 0.317. The van der Waals surface area contributed by atoms with E-state index >= 15 is 0 Å². The van der Waals surface area contributed by atoms with Crippen molar-refractivity contribution in [2.24, 2.45) is 0 Å². The lowest BCUT2D eigenvalue weighted by Gasteiger charge is -1.97. The molecule has 0 fully saturated rings. The number of nitrogens with one attached hydrogen (secondary N) is 1. The smallest absolute Gasteiger partial charge is 0.243 e. The van der Waals surface area contributed by atoms with Gasteiger partial charge in [-0.05, 0) is 18.4 Å². The fourth-order valence-corrected chi connectivity index (χ4v) is 1.50. The van der Waals surface area contributed by atoms with E-state index in [1.54, 1.807) is 17.8 Å². The second-order valence-corrected chi connectivity index (χ2v) is 3.99. The summed E-state index contributed by atoms with van der Waals surface area (Å²) in [5, 5.41) is 7.16. The molecule has 0 aliphatic rings. The van der Waals surface area contributed by atoms with E-state index in [4.69, 9.17) is 0 Å². The minimum Gasteiger partial charge on any atom is -0.352 e. The van der Waals surface area contributed by atoms with Gasteiger partial charge in [-0.3, -0.25) is 0 Å². The van der Waals surface area contributed by atoms with Gasteiger partial charge >= 0.3 is 0 Å². The van der Waals surface area contributed by atoms with Crippen LogP contribution in [0.5, 0.6) is 0 Å². The Bertz CT molecular complexity index is 456. The number of pyridine rings is 1. The Hall–Kier alpha value is -1.30. The van der Waals surface area contributed by atoms with Crippen LogP contribution < -0.4 is 5.32 Å². The van der Waals surface area contributed by atoms with E-state index in [1.807, 2.05) is 6.26 Å². The number of thioether (sulfide) groups is 1. The van der Waals surface area contributed by atoms with E-state index in [2.05, 4.69) is 15.4 Å². The Balaban J connectivity index is 2.16. The first kappa shape index (κ1) is 10.2. The SMILES string of the molecule is CSCCNc1nc2ccc(F)cn2n1. The maximum atomic E-state index is 12.8. The minimum atomic E-state index is -0.317. The third kappa shape index (κ3) is 2.38. The quantitative estimate of drug-likeness (QED) is 0.805. The van der Waals surface area contributed by atoms with Gasteiger partial charge < -0.3 is 5.32 Å². The summed E-state index contributed by atoms with van der Waals surface area (Å²) in [6.07, 6.45) is 3.34. The number of fused-ring (bicyclic) bond motifs is 1. The summed E-state index contributed by atoms with van der Waals surface area (Å²) in [6.45, 7) is 0.806. The zero-order valence-electron chi connectivity index (χ0n) is 8.27. The molecule has 4 nitrogen and oxygen atoms in total. The Kier molecular flexibility index (Phi) is 3.05. The van der Waals surface area contributed by atoms with E-state index in [9.17, 15) is 4.39 Å². The van der Waals surface area contributed by atoms with E-state index < -0.39 is 0 Å². The Morgan fingerprint density at radius 1 is 1.53 bits per heavy atom. The van der Waals surface area contributed by atoms with Crippen LogP contribution in [0.3, 0.4) is 0 Å². The fourth-order valence-electron chi connectivity index (χ4n) is 1.20. The van der Waals surface area contributed by atoms with Crippen molar-refractivity contribution in [3.63, 3.8) is 0 Å². The summed E-state index contributed by atoms with van der Waals surface area (Å²) in [5.41, 5.74) is 0.642. The van der Waals surface area contributed by atoms with Crippen molar-refractivity contribution >= 4 is 23.4 Å². The highest BCUT2D eigenvalue weighted by Crippen LogP contribution is 2.06. The molecule has 15 heavy (non-hydrogen) atoms. The Morgan fingerprint density at radius 3 is 3.20 bits per heavy atom. The van der Waals surface area contributed by atoms with Gasteiger partial charge in [-0.1, -0.05) is 0 Å². The third-order valence-corrected chi connectivity index (χ3v) is 2.50. The highest BCUT2D eigenvalue weighted by atomic mass is 32.2. The monoisotopic (exact) mass is 226 g/mol. The second kappa shape index (κ2) is 4.48. The molecule has 0 spiro atoms. The van der Waals surface area contributed by atoms with Gasteiger partial charge in [0.15, 0.2) is 5.65 Å². The van der Waals surface area contributed by atoms with Crippen LogP contribution in [0.2, 0.25) is 0 Å². The molecule has 0 aromatic carbocycles. The molecule has 0 atom stereocenters. The van der Waals surface area contributed by atoms with Gasteiger partial charge in [0, 0.05) is 12.3 Å². The molecule has 1 N–H and O–H groups in total. The molecular weight excluding hydrogens is 215 g/mol. The number of hydrogen-bond donors (Lipinski definition) is 1. The number of rotatable bonds is 4. The van der Waals surface area contributed by atoms with E-state index in [1.165, 1.54) is 16.8 Å². The van der Waals surface area contributed by atoms with Crippen LogP contribution in [0.4, 0.5) is 10.3 Å². The maximum absolute atomic E-state index is 12.8. The molecule has 2 aromatic heterocycles. The van der Waals surface area contributed by atoms with Gasteiger partial charge in [-0.2, -0.15) is 16.7 Å². The third-order valence-electron chi connectivity index (χ3n) is 1.88.